The number of aryl methyl sites for hydroxylation is 1. The van der Waals surface area contributed by atoms with Crippen molar-refractivity contribution in [2.45, 2.75) is 19.3 Å². The van der Waals surface area contributed by atoms with Crippen LogP contribution in [-0.2, 0) is 12.8 Å². The van der Waals surface area contributed by atoms with Gasteiger partial charge in [0.1, 0.15) is 0 Å². The summed E-state index contributed by atoms with van der Waals surface area (Å²) < 4.78 is 5.21. The number of nitrogens with zero attached hydrogens (tertiary/aromatic N) is 2. The summed E-state index contributed by atoms with van der Waals surface area (Å²) in [6.07, 6.45) is 2.50. The molecule has 2 aromatic rings. The lowest BCUT2D eigenvalue weighted by molar-refractivity contribution is 0.379. The first-order valence-corrected chi connectivity index (χ1v) is 6.36. The van der Waals surface area contributed by atoms with Crippen molar-refractivity contribution in [3.05, 3.63) is 46.6 Å². The van der Waals surface area contributed by atoms with Gasteiger partial charge in [0.05, 0.1) is 6.42 Å². The fraction of sp³-hybridized carbons (Fsp3) is 0.385. The SMILES string of the molecule is CNCCCc1noc(Cc2ccc(Cl)cc2)n1. The van der Waals surface area contributed by atoms with Crippen molar-refractivity contribution in [2.24, 2.45) is 0 Å². The average Bonchev–Trinajstić information content (AvgIpc) is 2.80. The number of benzene rings is 1. The maximum atomic E-state index is 5.83. The maximum absolute atomic E-state index is 5.83. The van der Waals surface area contributed by atoms with Gasteiger partial charge in [0.25, 0.3) is 0 Å². The Kier molecular flexibility index (Phi) is 4.73. The number of hydrogen-bond donors (Lipinski definition) is 1. The van der Waals surface area contributed by atoms with Gasteiger partial charge in [-0.05, 0) is 37.7 Å². The minimum Gasteiger partial charge on any atom is -0.339 e. The molecule has 1 heterocycles. The van der Waals surface area contributed by atoms with Gasteiger partial charge in [0, 0.05) is 11.4 Å². The van der Waals surface area contributed by atoms with E-state index in [1.807, 2.05) is 31.3 Å². The molecule has 0 aliphatic carbocycles. The lowest BCUT2D eigenvalue weighted by Crippen LogP contribution is -2.08. The fourth-order valence-corrected chi connectivity index (χ4v) is 1.79. The molecule has 96 valence electrons. The van der Waals surface area contributed by atoms with E-state index in [0.29, 0.717) is 12.3 Å². The Hall–Kier alpha value is -1.39. The first kappa shape index (κ1) is 13.1. The average molecular weight is 266 g/mol. The van der Waals surface area contributed by atoms with Gasteiger partial charge in [-0.15, -0.1) is 0 Å². The zero-order valence-corrected chi connectivity index (χ0v) is 11.1. The normalized spacial score (nSPS) is 10.8. The summed E-state index contributed by atoms with van der Waals surface area (Å²) in [7, 11) is 1.93. The van der Waals surface area contributed by atoms with E-state index in [-0.39, 0.29) is 0 Å². The summed E-state index contributed by atoms with van der Waals surface area (Å²) in [6.45, 7) is 0.959. The third kappa shape index (κ3) is 3.82. The second-order valence-electron chi connectivity index (χ2n) is 4.11. The van der Waals surface area contributed by atoms with Gasteiger partial charge in [-0.1, -0.05) is 28.9 Å². The van der Waals surface area contributed by atoms with Crippen LogP contribution in [0.15, 0.2) is 28.8 Å². The van der Waals surface area contributed by atoms with Crippen molar-refractivity contribution in [2.75, 3.05) is 13.6 Å². The molecule has 0 fully saturated rings. The molecule has 0 amide bonds. The van der Waals surface area contributed by atoms with Gasteiger partial charge in [-0.2, -0.15) is 4.98 Å². The van der Waals surface area contributed by atoms with Crippen LogP contribution in [-0.4, -0.2) is 23.7 Å². The zero-order valence-electron chi connectivity index (χ0n) is 10.3. The van der Waals surface area contributed by atoms with Crippen molar-refractivity contribution in [1.82, 2.24) is 15.5 Å². The van der Waals surface area contributed by atoms with Crippen molar-refractivity contribution in [3.8, 4) is 0 Å². The molecule has 1 aromatic heterocycles. The smallest absolute Gasteiger partial charge is 0.231 e. The highest BCUT2D eigenvalue weighted by atomic mass is 35.5. The summed E-state index contributed by atoms with van der Waals surface area (Å²) in [4.78, 5) is 4.36. The molecule has 0 saturated carbocycles. The largest absolute Gasteiger partial charge is 0.339 e. The predicted molar refractivity (Wildman–Crippen MR) is 70.8 cm³/mol. The van der Waals surface area contributed by atoms with Crippen LogP contribution in [0.5, 0.6) is 0 Å². The van der Waals surface area contributed by atoms with Gasteiger partial charge in [0.2, 0.25) is 5.89 Å². The summed E-state index contributed by atoms with van der Waals surface area (Å²) in [5.74, 6) is 1.42. The lowest BCUT2D eigenvalue weighted by Gasteiger charge is -1.96. The second kappa shape index (κ2) is 6.52. The highest BCUT2D eigenvalue weighted by Crippen LogP contribution is 2.12. The molecule has 0 unspecified atom stereocenters. The summed E-state index contributed by atoms with van der Waals surface area (Å²) in [6, 6.07) is 7.66. The number of halogens is 1. The van der Waals surface area contributed by atoms with E-state index < -0.39 is 0 Å². The van der Waals surface area contributed by atoms with E-state index in [9.17, 15) is 0 Å². The molecule has 0 aliphatic heterocycles. The quantitative estimate of drug-likeness (QED) is 0.816. The van der Waals surface area contributed by atoms with Crippen LogP contribution < -0.4 is 5.32 Å². The first-order chi connectivity index (χ1) is 8.78. The molecule has 0 spiro atoms. The van der Waals surface area contributed by atoms with Crippen molar-refractivity contribution in [3.63, 3.8) is 0 Å². The van der Waals surface area contributed by atoms with Gasteiger partial charge in [-0.25, -0.2) is 0 Å². The third-order valence-electron chi connectivity index (χ3n) is 2.61. The molecule has 1 N–H and O–H groups in total. The van der Waals surface area contributed by atoms with Gasteiger partial charge in [0.15, 0.2) is 5.82 Å². The maximum Gasteiger partial charge on any atom is 0.231 e. The number of hydrogen-bond acceptors (Lipinski definition) is 4. The molecule has 0 aliphatic rings. The fourth-order valence-electron chi connectivity index (χ4n) is 1.66. The van der Waals surface area contributed by atoms with Crippen molar-refractivity contribution in [1.29, 1.82) is 0 Å². The molecule has 0 bridgehead atoms. The Balaban J connectivity index is 1.91. The summed E-state index contributed by atoms with van der Waals surface area (Å²) >= 11 is 5.83. The summed E-state index contributed by atoms with van der Waals surface area (Å²) in [5.41, 5.74) is 1.12. The number of rotatable bonds is 6. The molecular weight excluding hydrogens is 250 g/mol. The van der Waals surface area contributed by atoms with E-state index in [0.717, 1.165) is 35.8 Å². The molecular formula is C13H16ClN3O. The van der Waals surface area contributed by atoms with Crippen LogP contribution in [0, 0.1) is 0 Å². The zero-order chi connectivity index (χ0) is 12.8. The van der Waals surface area contributed by atoms with E-state index >= 15 is 0 Å². The van der Waals surface area contributed by atoms with E-state index in [2.05, 4.69) is 15.5 Å². The minimum absolute atomic E-state index is 0.649. The molecule has 2 rings (SSSR count). The van der Waals surface area contributed by atoms with Crippen LogP contribution in [0.4, 0.5) is 0 Å². The van der Waals surface area contributed by atoms with Gasteiger partial charge < -0.3 is 9.84 Å². The Labute approximate surface area is 111 Å². The monoisotopic (exact) mass is 265 g/mol. The molecule has 4 nitrogen and oxygen atoms in total. The van der Waals surface area contributed by atoms with Crippen LogP contribution in [0.25, 0.3) is 0 Å². The van der Waals surface area contributed by atoms with E-state index in [1.54, 1.807) is 0 Å². The van der Waals surface area contributed by atoms with E-state index in [1.165, 1.54) is 0 Å². The molecule has 18 heavy (non-hydrogen) atoms. The standard InChI is InChI=1S/C13H16ClN3O/c1-15-8-2-3-12-16-13(18-17-12)9-10-4-6-11(14)7-5-10/h4-7,15H,2-3,8-9H2,1H3. The van der Waals surface area contributed by atoms with Crippen LogP contribution in [0.1, 0.15) is 23.7 Å². The highest BCUT2D eigenvalue weighted by Gasteiger charge is 2.06. The van der Waals surface area contributed by atoms with Crippen molar-refractivity contribution < 1.29 is 4.52 Å². The van der Waals surface area contributed by atoms with Gasteiger partial charge in [-0.3, -0.25) is 0 Å². The van der Waals surface area contributed by atoms with Crippen LogP contribution in [0.3, 0.4) is 0 Å². The molecule has 0 atom stereocenters. The first-order valence-electron chi connectivity index (χ1n) is 5.98. The molecule has 0 saturated heterocycles. The number of nitrogens with one attached hydrogen (secondary N) is 1. The Bertz CT molecular complexity index is 481. The summed E-state index contributed by atoms with van der Waals surface area (Å²) in [5, 5.41) is 7.79. The number of aromatic nitrogens is 2. The lowest BCUT2D eigenvalue weighted by atomic mass is 10.1. The Morgan fingerprint density at radius 3 is 2.78 bits per heavy atom. The van der Waals surface area contributed by atoms with Crippen LogP contribution >= 0.6 is 11.6 Å². The van der Waals surface area contributed by atoms with Crippen molar-refractivity contribution >= 4 is 11.6 Å². The minimum atomic E-state index is 0.649. The van der Waals surface area contributed by atoms with Gasteiger partial charge >= 0.3 is 0 Å². The molecule has 0 radical (unpaired) electrons. The molecule has 1 aromatic carbocycles. The third-order valence-corrected chi connectivity index (χ3v) is 2.86. The highest BCUT2D eigenvalue weighted by molar-refractivity contribution is 6.30. The molecule has 5 heteroatoms. The topological polar surface area (TPSA) is 51.0 Å². The van der Waals surface area contributed by atoms with Crippen LogP contribution in [0.2, 0.25) is 5.02 Å². The second-order valence-corrected chi connectivity index (χ2v) is 4.55. The Morgan fingerprint density at radius 2 is 2.06 bits per heavy atom. The van der Waals surface area contributed by atoms with E-state index in [4.69, 9.17) is 16.1 Å². The Morgan fingerprint density at radius 1 is 1.28 bits per heavy atom. The predicted octanol–water partition coefficient (Wildman–Crippen LogP) is 2.47.